The van der Waals surface area contributed by atoms with Gasteiger partial charge in [-0.1, -0.05) is 6.08 Å². The summed E-state index contributed by atoms with van der Waals surface area (Å²) >= 11 is 0. The highest BCUT2D eigenvalue weighted by molar-refractivity contribution is 5.90. The number of aliphatic hydroxyl groups excluding tert-OH is 1. The fraction of sp³-hybridized carbons (Fsp3) is 0.294. The molecule has 1 unspecified atom stereocenters. The molecule has 1 amide bonds. The number of carbonyl (C=O) groups excluding carboxylic acids is 1. The number of carbonyl (C=O) groups is 1. The Morgan fingerprint density at radius 1 is 1.50 bits per heavy atom. The van der Waals surface area contributed by atoms with Crippen LogP contribution in [0.15, 0.2) is 43.2 Å². The van der Waals surface area contributed by atoms with Crippen LogP contribution in [0.25, 0.3) is 5.69 Å². The molecular weight excluding hydrogens is 310 g/mol. The molecule has 0 bridgehead atoms. The summed E-state index contributed by atoms with van der Waals surface area (Å²) in [5.74, 6) is 1.52. The van der Waals surface area contributed by atoms with Crippen LogP contribution < -0.4 is 9.64 Å². The maximum Gasteiger partial charge on any atom is 0.414 e. The van der Waals surface area contributed by atoms with Gasteiger partial charge in [-0.25, -0.2) is 9.78 Å². The topological polar surface area (TPSA) is 76.8 Å². The minimum absolute atomic E-state index is 0.295. The van der Waals surface area contributed by atoms with Crippen LogP contribution in [0, 0.1) is 0 Å². The van der Waals surface area contributed by atoms with Crippen LogP contribution in [0.1, 0.15) is 12.2 Å². The predicted octanol–water partition coefficient (Wildman–Crippen LogP) is 2.03. The molecule has 2 atom stereocenters. The van der Waals surface area contributed by atoms with Crippen molar-refractivity contribution in [1.82, 2.24) is 9.55 Å². The minimum Gasteiger partial charge on any atom is -0.483 e. The minimum atomic E-state index is -0.751. The number of hydrogen-bond acceptors (Lipinski definition) is 5. The first-order chi connectivity index (χ1) is 11.7. The van der Waals surface area contributed by atoms with Crippen LogP contribution in [-0.2, 0) is 11.3 Å². The van der Waals surface area contributed by atoms with Gasteiger partial charge in [0.15, 0.2) is 5.82 Å². The van der Waals surface area contributed by atoms with Gasteiger partial charge in [-0.3, -0.25) is 9.47 Å². The zero-order valence-corrected chi connectivity index (χ0v) is 13.0. The van der Waals surface area contributed by atoms with Crippen LogP contribution in [0.3, 0.4) is 0 Å². The van der Waals surface area contributed by atoms with Gasteiger partial charge in [0.05, 0.1) is 24.0 Å². The highest BCUT2D eigenvalue weighted by atomic mass is 16.6. The Kier molecular flexibility index (Phi) is 3.50. The van der Waals surface area contributed by atoms with E-state index in [0.717, 1.165) is 11.5 Å². The third-order valence-electron chi connectivity index (χ3n) is 4.26. The lowest BCUT2D eigenvalue weighted by molar-refractivity contribution is 0.0347. The van der Waals surface area contributed by atoms with Gasteiger partial charge in [0.1, 0.15) is 18.5 Å². The molecule has 1 saturated heterocycles. The number of aromatic nitrogens is 2. The van der Waals surface area contributed by atoms with Crippen molar-refractivity contribution < 1.29 is 19.4 Å². The van der Waals surface area contributed by atoms with E-state index < -0.39 is 18.3 Å². The molecule has 1 aromatic heterocycles. The number of aliphatic hydroxyl groups is 1. The molecule has 4 rings (SSSR count). The van der Waals surface area contributed by atoms with Crippen LogP contribution in [0.4, 0.5) is 10.5 Å². The lowest BCUT2D eigenvalue weighted by Gasteiger charge is -2.22. The molecule has 1 fully saturated rings. The molecule has 2 aliphatic rings. The first-order valence-electron chi connectivity index (χ1n) is 7.74. The van der Waals surface area contributed by atoms with Crippen molar-refractivity contribution in [2.24, 2.45) is 0 Å². The zero-order chi connectivity index (χ0) is 16.7. The summed E-state index contributed by atoms with van der Waals surface area (Å²) in [4.78, 5) is 17.9. The number of rotatable bonds is 4. The second-order valence-corrected chi connectivity index (χ2v) is 5.78. The Bertz CT molecular complexity index is 801. The fourth-order valence-electron chi connectivity index (χ4n) is 3.01. The molecule has 1 N–H and O–H groups in total. The standard InChI is InChI=1S/C17H17N3O4/c1-2-3-13(21)15-9-20(17(22)24-15)11-4-5-12-14(8-11)23-10-16-18-6-7-19(12)16/h2,4-8,13,15,21H,1,3,9-10H2/t13?,15-/m1/s1. The molecule has 7 nitrogen and oxygen atoms in total. The quantitative estimate of drug-likeness (QED) is 0.870. The van der Waals surface area contributed by atoms with E-state index in [1.165, 1.54) is 4.90 Å². The molecule has 0 saturated carbocycles. The summed E-state index contributed by atoms with van der Waals surface area (Å²) in [6, 6.07) is 5.53. The fourth-order valence-corrected chi connectivity index (χ4v) is 3.01. The number of anilines is 1. The Morgan fingerprint density at radius 3 is 3.21 bits per heavy atom. The van der Waals surface area contributed by atoms with Gasteiger partial charge in [-0.2, -0.15) is 0 Å². The Labute approximate surface area is 138 Å². The van der Waals surface area contributed by atoms with E-state index in [0.29, 0.717) is 31.0 Å². The van der Waals surface area contributed by atoms with Crippen LogP contribution >= 0.6 is 0 Å². The Hall–Kier alpha value is -2.80. The molecule has 7 heteroatoms. The van der Waals surface area contributed by atoms with E-state index in [1.807, 2.05) is 29.0 Å². The second kappa shape index (κ2) is 5.68. The van der Waals surface area contributed by atoms with Gasteiger partial charge < -0.3 is 14.6 Å². The summed E-state index contributed by atoms with van der Waals surface area (Å²) < 4.78 is 13.0. The number of nitrogens with zero attached hydrogens (tertiary/aromatic N) is 3. The van der Waals surface area contributed by atoms with Crippen LogP contribution in [0.2, 0.25) is 0 Å². The maximum absolute atomic E-state index is 12.1. The number of cyclic esters (lactones) is 1. The Morgan fingerprint density at radius 2 is 2.38 bits per heavy atom. The van der Waals surface area contributed by atoms with E-state index in [9.17, 15) is 9.90 Å². The monoisotopic (exact) mass is 327 g/mol. The summed E-state index contributed by atoms with van der Waals surface area (Å²) in [6.45, 7) is 4.27. The molecule has 0 spiro atoms. The van der Waals surface area contributed by atoms with E-state index in [2.05, 4.69) is 11.6 Å². The number of amides is 1. The van der Waals surface area contributed by atoms with Crippen LogP contribution in [-0.4, -0.2) is 39.5 Å². The van der Waals surface area contributed by atoms with Gasteiger partial charge in [-0.15, -0.1) is 6.58 Å². The van der Waals surface area contributed by atoms with Gasteiger partial charge in [-0.05, 0) is 18.6 Å². The molecular formula is C17H17N3O4. The highest BCUT2D eigenvalue weighted by Crippen LogP contribution is 2.34. The lowest BCUT2D eigenvalue weighted by Crippen LogP contribution is -2.30. The highest BCUT2D eigenvalue weighted by Gasteiger charge is 2.36. The van der Waals surface area contributed by atoms with Crippen molar-refractivity contribution in [2.45, 2.75) is 25.2 Å². The second-order valence-electron chi connectivity index (χ2n) is 5.78. The van der Waals surface area contributed by atoms with Crippen molar-refractivity contribution in [3.63, 3.8) is 0 Å². The number of imidazole rings is 1. The molecule has 1 aromatic carbocycles. The molecule has 24 heavy (non-hydrogen) atoms. The van der Waals surface area contributed by atoms with Gasteiger partial charge in [0.25, 0.3) is 0 Å². The van der Waals surface area contributed by atoms with Crippen molar-refractivity contribution in [3.8, 4) is 11.4 Å². The summed E-state index contributed by atoms with van der Waals surface area (Å²) in [5.41, 5.74) is 1.56. The van der Waals surface area contributed by atoms with Crippen molar-refractivity contribution in [2.75, 3.05) is 11.4 Å². The smallest absolute Gasteiger partial charge is 0.414 e. The molecule has 2 aliphatic heterocycles. The van der Waals surface area contributed by atoms with E-state index in [4.69, 9.17) is 9.47 Å². The largest absolute Gasteiger partial charge is 0.483 e. The Balaban J connectivity index is 1.60. The van der Waals surface area contributed by atoms with E-state index in [-0.39, 0.29) is 0 Å². The average Bonchev–Trinajstić information content (AvgIpc) is 3.21. The number of ether oxygens (including phenoxy) is 2. The first kappa shape index (κ1) is 14.8. The molecule has 124 valence electrons. The maximum atomic E-state index is 12.1. The number of benzene rings is 1. The number of fused-ring (bicyclic) bond motifs is 3. The van der Waals surface area contributed by atoms with Gasteiger partial charge in [0.2, 0.25) is 0 Å². The van der Waals surface area contributed by atoms with Crippen molar-refractivity contribution >= 4 is 11.8 Å². The van der Waals surface area contributed by atoms with Crippen LogP contribution in [0.5, 0.6) is 5.75 Å². The van der Waals surface area contributed by atoms with Gasteiger partial charge >= 0.3 is 6.09 Å². The van der Waals surface area contributed by atoms with E-state index in [1.54, 1.807) is 12.3 Å². The third kappa shape index (κ3) is 2.33. The van der Waals surface area contributed by atoms with E-state index >= 15 is 0 Å². The third-order valence-corrected chi connectivity index (χ3v) is 4.26. The summed E-state index contributed by atoms with van der Waals surface area (Å²) in [6.07, 6.45) is 3.81. The van der Waals surface area contributed by atoms with Crippen molar-refractivity contribution in [1.29, 1.82) is 0 Å². The molecule has 2 aromatic rings. The average molecular weight is 327 g/mol. The number of hydrogen-bond donors (Lipinski definition) is 1. The SMILES string of the molecule is C=CCC(O)[C@H]1CN(c2ccc3c(c2)OCc2nccn2-3)C(=O)O1. The predicted molar refractivity (Wildman–Crippen MR) is 86.3 cm³/mol. The molecule has 0 radical (unpaired) electrons. The normalized spacial score (nSPS) is 20.0. The summed E-state index contributed by atoms with van der Waals surface area (Å²) in [7, 11) is 0. The zero-order valence-electron chi connectivity index (χ0n) is 13.0. The van der Waals surface area contributed by atoms with Crippen molar-refractivity contribution in [3.05, 3.63) is 49.1 Å². The lowest BCUT2D eigenvalue weighted by atomic mass is 10.1. The van der Waals surface area contributed by atoms with Gasteiger partial charge in [0, 0.05) is 18.5 Å². The summed E-state index contributed by atoms with van der Waals surface area (Å²) in [5, 5.41) is 10.00. The molecule has 3 heterocycles. The first-order valence-corrected chi connectivity index (χ1v) is 7.74. The molecule has 0 aliphatic carbocycles.